The first-order valence-corrected chi connectivity index (χ1v) is 12.6. The van der Waals surface area contributed by atoms with E-state index >= 15 is 0 Å². The molecule has 6 rings (SSSR count). The molecule has 2 saturated carbocycles. The van der Waals surface area contributed by atoms with Crippen molar-refractivity contribution in [3.63, 3.8) is 0 Å². The van der Waals surface area contributed by atoms with Gasteiger partial charge in [-0.15, -0.1) is 0 Å². The molecule has 0 aromatic heterocycles. The third-order valence-corrected chi connectivity index (χ3v) is 8.63. The summed E-state index contributed by atoms with van der Waals surface area (Å²) in [5.74, 6) is -0.718. The van der Waals surface area contributed by atoms with Crippen LogP contribution in [0.2, 0.25) is 0 Å². The van der Waals surface area contributed by atoms with E-state index in [0.29, 0.717) is 19.4 Å². The van der Waals surface area contributed by atoms with Crippen molar-refractivity contribution < 1.29 is 24.2 Å². The number of aliphatic carboxylic acids is 1. The molecule has 1 saturated heterocycles. The van der Waals surface area contributed by atoms with Crippen molar-refractivity contribution in [1.82, 2.24) is 10.2 Å². The largest absolute Gasteiger partial charge is 0.480 e. The number of hydrogen-bond donors (Lipinski definition) is 2. The molecule has 4 aliphatic rings. The van der Waals surface area contributed by atoms with E-state index in [0.717, 1.165) is 30.4 Å². The number of hydrogen-bond acceptors (Lipinski definition) is 4. The normalized spacial score (nSPS) is 25.5. The third-order valence-electron chi connectivity index (χ3n) is 8.63. The van der Waals surface area contributed by atoms with Gasteiger partial charge in [0, 0.05) is 19.0 Å². The van der Waals surface area contributed by atoms with Gasteiger partial charge in [0.1, 0.15) is 12.6 Å². The van der Waals surface area contributed by atoms with Gasteiger partial charge in [-0.2, -0.15) is 0 Å². The SMILES string of the molecule is O=C(NCC1(C(=O)N2CC3CCCC3C2C(=O)O)CC1)OCC1c2ccccc2-c2ccccc21. The topological polar surface area (TPSA) is 95.9 Å². The van der Waals surface area contributed by atoms with Crippen LogP contribution in [0.15, 0.2) is 48.5 Å². The predicted molar refractivity (Wildman–Crippen MR) is 129 cm³/mol. The minimum Gasteiger partial charge on any atom is -0.480 e. The summed E-state index contributed by atoms with van der Waals surface area (Å²) in [7, 11) is 0. The molecule has 2 N–H and O–H groups in total. The summed E-state index contributed by atoms with van der Waals surface area (Å²) in [6.45, 7) is 0.922. The van der Waals surface area contributed by atoms with Crippen molar-refractivity contribution >= 4 is 18.0 Å². The molecule has 3 aliphatic carbocycles. The zero-order valence-electron chi connectivity index (χ0n) is 19.6. The minimum atomic E-state index is -0.909. The molecule has 182 valence electrons. The molecule has 2 amide bonds. The molecule has 1 aliphatic heterocycles. The van der Waals surface area contributed by atoms with Crippen LogP contribution in [0.4, 0.5) is 4.79 Å². The Hall–Kier alpha value is -3.35. The molecular weight excluding hydrogens is 444 g/mol. The molecule has 0 radical (unpaired) electrons. The van der Waals surface area contributed by atoms with Gasteiger partial charge < -0.3 is 20.1 Å². The van der Waals surface area contributed by atoms with Crippen molar-refractivity contribution in [3.05, 3.63) is 59.7 Å². The molecule has 0 spiro atoms. The van der Waals surface area contributed by atoms with Crippen molar-refractivity contribution in [3.8, 4) is 11.1 Å². The van der Waals surface area contributed by atoms with E-state index in [2.05, 4.69) is 29.6 Å². The van der Waals surface area contributed by atoms with Crippen molar-refractivity contribution in [2.75, 3.05) is 19.7 Å². The number of alkyl carbamates (subject to hydrolysis) is 1. The number of fused-ring (bicyclic) bond motifs is 4. The Morgan fingerprint density at radius 1 is 1.00 bits per heavy atom. The molecule has 3 atom stereocenters. The highest BCUT2D eigenvalue weighted by Gasteiger charge is 2.58. The van der Waals surface area contributed by atoms with E-state index in [1.165, 1.54) is 11.1 Å². The lowest BCUT2D eigenvalue weighted by Crippen LogP contribution is -2.49. The number of carboxylic acids is 1. The number of benzene rings is 2. The molecular formula is C28H30N2O5. The summed E-state index contributed by atoms with van der Waals surface area (Å²) in [5.41, 5.74) is 3.94. The zero-order chi connectivity index (χ0) is 24.2. The lowest BCUT2D eigenvalue weighted by molar-refractivity contribution is -0.151. The molecule has 7 nitrogen and oxygen atoms in total. The van der Waals surface area contributed by atoms with E-state index < -0.39 is 23.5 Å². The lowest BCUT2D eigenvalue weighted by atomic mass is 9.94. The summed E-state index contributed by atoms with van der Waals surface area (Å²) in [4.78, 5) is 39.6. The van der Waals surface area contributed by atoms with Crippen LogP contribution in [0, 0.1) is 17.3 Å². The third kappa shape index (κ3) is 3.68. The maximum absolute atomic E-state index is 13.4. The maximum atomic E-state index is 13.4. The van der Waals surface area contributed by atoms with Gasteiger partial charge in [-0.25, -0.2) is 9.59 Å². The number of carboxylic acid groups (broad SMARTS) is 1. The first-order chi connectivity index (χ1) is 17.0. The number of amides is 2. The van der Waals surface area contributed by atoms with E-state index in [4.69, 9.17) is 4.74 Å². The summed E-state index contributed by atoms with van der Waals surface area (Å²) in [5, 5.41) is 12.6. The molecule has 2 aromatic rings. The highest BCUT2D eigenvalue weighted by molar-refractivity contribution is 5.91. The highest BCUT2D eigenvalue weighted by atomic mass is 16.5. The lowest BCUT2D eigenvalue weighted by Gasteiger charge is -2.28. The summed E-state index contributed by atoms with van der Waals surface area (Å²) >= 11 is 0. The number of rotatable bonds is 6. The number of nitrogens with zero attached hydrogens (tertiary/aromatic N) is 1. The van der Waals surface area contributed by atoms with Crippen LogP contribution in [0.5, 0.6) is 0 Å². The van der Waals surface area contributed by atoms with Gasteiger partial charge in [0.05, 0.1) is 5.41 Å². The fourth-order valence-electron chi connectivity index (χ4n) is 6.64. The monoisotopic (exact) mass is 474 g/mol. The fraction of sp³-hybridized carbons (Fsp3) is 0.464. The van der Waals surface area contributed by atoms with Gasteiger partial charge in [0.15, 0.2) is 0 Å². The van der Waals surface area contributed by atoms with Crippen LogP contribution < -0.4 is 5.32 Å². The first kappa shape index (κ1) is 22.1. The van der Waals surface area contributed by atoms with E-state index in [1.807, 2.05) is 24.3 Å². The van der Waals surface area contributed by atoms with Crippen molar-refractivity contribution in [2.45, 2.75) is 44.1 Å². The van der Waals surface area contributed by atoms with Crippen LogP contribution in [-0.4, -0.2) is 53.7 Å². The summed E-state index contributed by atoms with van der Waals surface area (Å²) in [6.07, 6.45) is 3.68. The smallest absolute Gasteiger partial charge is 0.407 e. The average Bonchev–Trinajstić information content (AvgIpc) is 3.21. The quantitative estimate of drug-likeness (QED) is 0.659. The molecule has 1 heterocycles. The van der Waals surface area contributed by atoms with Gasteiger partial charge in [-0.1, -0.05) is 55.0 Å². The second kappa shape index (κ2) is 8.40. The van der Waals surface area contributed by atoms with Crippen molar-refractivity contribution in [1.29, 1.82) is 0 Å². The first-order valence-electron chi connectivity index (χ1n) is 12.6. The molecule has 7 heteroatoms. The van der Waals surface area contributed by atoms with Crippen LogP contribution in [0.1, 0.15) is 49.1 Å². The second-order valence-corrected chi connectivity index (χ2v) is 10.6. The number of carbonyl (C=O) groups excluding carboxylic acids is 2. The standard InChI is InChI=1S/C28H30N2O5/c31-25(32)24-18-11-5-6-17(18)14-30(24)26(33)28(12-13-28)16-29-27(34)35-15-23-21-9-3-1-7-19(21)20-8-2-4-10-22(20)23/h1-4,7-10,17-18,23-24H,5-6,11-16H2,(H,29,34)(H,31,32). The van der Waals surface area contributed by atoms with E-state index in [9.17, 15) is 19.5 Å². The predicted octanol–water partition coefficient (Wildman–Crippen LogP) is 4.02. The Bertz CT molecular complexity index is 1140. The zero-order valence-corrected chi connectivity index (χ0v) is 19.6. The molecule has 3 unspecified atom stereocenters. The maximum Gasteiger partial charge on any atom is 0.407 e. The number of ether oxygens (including phenoxy) is 1. The highest BCUT2D eigenvalue weighted by Crippen LogP contribution is 2.51. The summed E-state index contributed by atoms with van der Waals surface area (Å²) in [6, 6.07) is 15.6. The Balaban J connectivity index is 1.08. The van der Waals surface area contributed by atoms with Crippen LogP contribution in [-0.2, 0) is 14.3 Å². The fourth-order valence-corrected chi connectivity index (χ4v) is 6.64. The van der Waals surface area contributed by atoms with Gasteiger partial charge in [-0.3, -0.25) is 4.79 Å². The average molecular weight is 475 g/mol. The molecule has 35 heavy (non-hydrogen) atoms. The van der Waals surface area contributed by atoms with E-state index in [-0.39, 0.29) is 36.8 Å². The molecule has 3 fully saturated rings. The van der Waals surface area contributed by atoms with Crippen molar-refractivity contribution in [2.24, 2.45) is 17.3 Å². The van der Waals surface area contributed by atoms with Gasteiger partial charge in [0.25, 0.3) is 0 Å². The minimum absolute atomic E-state index is 0.0231. The van der Waals surface area contributed by atoms with Gasteiger partial charge in [0.2, 0.25) is 5.91 Å². The van der Waals surface area contributed by atoms with Crippen LogP contribution in [0.3, 0.4) is 0 Å². The number of nitrogens with one attached hydrogen (secondary N) is 1. The van der Waals surface area contributed by atoms with Gasteiger partial charge in [-0.05, 0) is 59.8 Å². The number of carbonyl (C=O) groups is 3. The van der Waals surface area contributed by atoms with Crippen LogP contribution >= 0.6 is 0 Å². The number of likely N-dealkylation sites (tertiary alicyclic amines) is 1. The summed E-state index contributed by atoms with van der Waals surface area (Å²) < 4.78 is 5.62. The Morgan fingerprint density at radius 2 is 1.66 bits per heavy atom. The van der Waals surface area contributed by atoms with E-state index in [1.54, 1.807) is 4.90 Å². The Morgan fingerprint density at radius 3 is 2.29 bits per heavy atom. The molecule has 0 bridgehead atoms. The van der Waals surface area contributed by atoms with Crippen LogP contribution in [0.25, 0.3) is 11.1 Å². The molecule has 2 aromatic carbocycles. The second-order valence-electron chi connectivity index (χ2n) is 10.6. The van der Waals surface area contributed by atoms with Gasteiger partial charge >= 0.3 is 12.1 Å². The Labute approximate surface area is 204 Å². The Kier molecular flexibility index (Phi) is 5.31.